The van der Waals surface area contributed by atoms with Crippen molar-refractivity contribution in [3.8, 4) is 0 Å². The van der Waals surface area contributed by atoms with Crippen molar-refractivity contribution in [2.24, 2.45) is 29.1 Å². The summed E-state index contributed by atoms with van der Waals surface area (Å²) in [4.78, 5) is 2.40. The third kappa shape index (κ3) is 2.67. The molecule has 0 radical (unpaired) electrons. The Morgan fingerprint density at radius 1 is 1.16 bits per heavy atom. The highest BCUT2D eigenvalue weighted by Gasteiger charge is 2.54. The van der Waals surface area contributed by atoms with E-state index in [0.717, 1.165) is 55.9 Å². The van der Waals surface area contributed by atoms with Crippen molar-refractivity contribution in [1.29, 1.82) is 0 Å². The number of piperidine rings is 1. The minimum Gasteiger partial charge on any atom is -0.384 e. The van der Waals surface area contributed by atoms with Crippen molar-refractivity contribution in [1.82, 2.24) is 20.2 Å². The van der Waals surface area contributed by atoms with Crippen molar-refractivity contribution >= 4 is 5.95 Å². The average molecular weight is 347 g/mol. The van der Waals surface area contributed by atoms with E-state index < -0.39 is 0 Å². The van der Waals surface area contributed by atoms with Gasteiger partial charge in [0.1, 0.15) is 0 Å². The highest BCUT2D eigenvalue weighted by atomic mass is 16.5. The number of hydrogen-bond acceptors (Lipinski definition) is 6. The largest absolute Gasteiger partial charge is 0.384 e. The summed E-state index contributed by atoms with van der Waals surface area (Å²) in [5.41, 5.74) is 0.583. The quantitative estimate of drug-likeness (QED) is 0.779. The SMILES string of the molecule is COC[C@@H]1[C@H]2CCN(c3nnnn3CC3CC4(C3)CC(OC)C4)C[C@H]21. The molecule has 4 fully saturated rings. The van der Waals surface area contributed by atoms with Gasteiger partial charge in [0, 0.05) is 40.5 Å². The number of fused-ring (bicyclic) bond motifs is 1. The third-order valence-corrected chi connectivity index (χ3v) is 7.36. The van der Waals surface area contributed by atoms with Crippen LogP contribution in [0.3, 0.4) is 0 Å². The zero-order valence-electron chi connectivity index (χ0n) is 15.3. The van der Waals surface area contributed by atoms with Gasteiger partial charge in [-0.15, -0.1) is 0 Å². The highest BCUT2D eigenvalue weighted by Crippen LogP contribution is 2.59. The van der Waals surface area contributed by atoms with Gasteiger partial charge < -0.3 is 14.4 Å². The van der Waals surface area contributed by atoms with Crippen molar-refractivity contribution in [3.05, 3.63) is 0 Å². The van der Waals surface area contributed by atoms with E-state index in [4.69, 9.17) is 9.47 Å². The van der Waals surface area contributed by atoms with Gasteiger partial charge in [-0.25, -0.2) is 4.68 Å². The van der Waals surface area contributed by atoms with Crippen LogP contribution in [-0.4, -0.2) is 60.2 Å². The molecule has 1 aromatic heterocycles. The van der Waals surface area contributed by atoms with Crippen LogP contribution >= 0.6 is 0 Å². The molecule has 3 aliphatic carbocycles. The molecule has 0 bridgehead atoms. The second-order valence-corrected chi connectivity index (χ2v) is 8.88. The van der Waals surface area contributed by atoms with Gasteiger partial charge in [0.25, 0.3) is 0 Å². The maximum atomic E-state index is 5.44. The van der Waals surface area contributed by atoms with Gasteiger partial charge in [-0.1, -0.05) is 5.10 Å². The molecule has 0 N–H and O–H groups in total. The molecule has 3 saturated carbocycles. The summed E-state index contributed by atoms with van der Waals surface area (Å²) < 4.78 is 12.9. The second kappa shape index (κ2) is 5.91. The van der Waals surface area contributed by atoms with Gasteiger partial charge in [-0.3, -0.25) is 0 Å². The molecule has 1 aliphatic heterocycles. The summed E-state index contributed by atoms with van der Waals surface area (Å²) in [6.07, 6.45) is 6.87. The number of methoxy groups -OCH3 is 2. The molecule has 3 atom stereocenters. The Hall–Kier alpha value is -1.21. The molecule has 0 unspecified atom stereocenters. The summed E-state index contributed by atoms with van der Waals surface area (Å²) >= 11 is 0. The Kier molecular flexibility index (Phi) is 3.78. The fourth-order valence-electron chi connectivity index (χ4n) is 5.98. The fourth-order valence-corrected chi connectivity index (χ4v) is 5.98. The van der Waals surface area contributed by atoms with Crippen molar-refractivity contribution in [3.63, 3.8) is 0 Å². The molecule has 7 nitrogen and oxygen atoms in total. The Balaban J connectivity index is 1.17. The van der Waals surface area contributed by atoms with Gasteiger partial charge >= 0.3 is 0 Å². The standard InChI is InChI=1S/C18H29N5O2/c1-24-11-16-14-3-4-22(10-15(14)16)17-19-20-21-23(17)9-12-5-18(6-12)7-13(8-18)25-2/h12-16H,3-11H2,1-2H3/t12?,13?,14-,15+,16+,18?/m0/s1. The Morgan fingerprint density at radius 2 is 2.00 bits per heavy atom. The molecule has 1 aromatic rings. The van der Waals surface area contributed by atoms with Crippen LogP contribution < -0.4 is 4.90 Å². The lowest BCUT2D eigenvalue weighted by Gasteiger charge is -2.57. The fraction of sp³-hybridized carbons (Fsp3) is 0.944. The third-order valence-electron chi connectivity index (χ3n) is 7.36. The summed E-state index contributed by atoms with van der Waals surface area (Å²) in [5.74, 6) is 4.08. The zero-order chi connectivity index (χ0) is 17.0. The van der Waals surface area contributed by atoms with E-state index in [9.17, 15) is 0 Å². The molecule has 1 saturated heterocycles. The van der Waals surface area contributed by atoms with Crippen LogP contribution in [0, 0.1) is 29.1 Å². The molecule has 138 valence electrons. The number of rotatable bonds is 6. The van der Waals surface area contributed by atoms with Crippen LogP contribution in [0.25, 0.3) is 0 Å². The minimum absolute atomic E-state index is 0.504. The lowest BCUT2D eigenvalue weighted by molar-refractivity contribution is -0.129. The molecular weight excluding hydrogens is 318 g/mol. The van der Waals surface area contributed by atoms with Gasteiger partial charge in [-0.05, 0) is 71.6 Å². The van der Waals surface area contributed by atoms with Crippen LogP contribution in [0.4, 0.5) is 5.95 Å². The van der Waals surface area contributed by atoms with E-state index in [2.05, 4.69) is 25.1 Å². The molecule has 2 heterocycles. The Labute approximate surface area is 149 Å². The summed E-state index contributed by atoms with van der Waals surface area (Å²) in [5, 5.41) is 12.6. The smallest absolute Gasteiger partial charge is 0.245 e. The molecule has 0 amide bonds. The molecule has 1 spiro atoms. The van der Waals surface area contributed by atoms with Crippen LogP contribution in [0.15, 0.2) is 0 Å². The first-order valence-corrected chi connectivity index (χ1v) is 9.74. The number of hydrogen-bond donors (Lipinski definition) is 0. The second-order valence-electron chi connectivity index (χ2n) is 8.88. The highest BCUT2D eigenvalue weighted by molar-refractivity contribution is 5.31. The van der Waals surface area contributed by atoms with Crippen molar-refractivity contribution in [2.45, 2.75) is 44.8 Å². The lowest BCUT2D eigenvalue weighted by Crippen LogP contribution is -2.51. The molecular formula is C18H29N5O2. The van der Waals surface area contributed by atoms with E-state index in [0.29, 0.717) is 11.5 Å². The van der Waals surface area contributed by atoms with E-state index in [1.807, 2.05) is 14.2 Å². The number of aromatic nitrogens is 4. The first-order chi connectivity index (χ1) is 12.2. The number of nitrogens with zero attached hydrogens (tertiary/aromatic N) is 5. The van der Waals surface area contributed by atoms with Gasteiger partial charge in [0.05, 0.1) is 6.10 Å². The van der Waals surface area contributed by atoms with Gasteiger partial charge in [0.15, 0.2) is 0 Å². The Morgan fingerprint density at radius 3 is 2.76 bits per heavy atom. The number of anilines is 1. The maximum absolute atomic E-state index is 5.44. The van der Waals surface area contributed by atoms with Gasteiger partial charge in [0.2, 0.25) is 5.95 Å². The van der Waals surface area contributed by atoms with E-state index in [1.165, 1.54) is 32.1 Å². The van der Waals surface area contributed by atoms with Crippen molar-refractivity contribution in [2.75, 3.05) is 38.8 Å². The average Bonchev–Trinajstić information content (AvgIpc) is 3.02. The Bertz CT molecular complexity index is 621. The topological polar surface area (TPSA) is 65.3 Å². The molecule has 5 rings (SSSR count). The van der Waals surface area contributed by atoms with Gasteiger partial charge in [-0.2, -0.15) is 0 Å². The van der Waals surface area contributed by atoms with E-state index in [1.54, 1.807) is 0 Å². The van der Waals surface area contributed by atoms with Crippen LogP contribution in [0.5, 0.6) is 0 Å². The number of tetrazole rings is 1. The summed E-state index contributed by atoms with van der Waals surface area (Å²) in [6, 6.07) is 0. The normalized spacial score (nSPS) is 42.0. The van der Waals surface area contributed by atoms with Crippen molar-refractivity contribution < 1.29 is 9.47 Å². The molecule has 7 heteroatoms. The molecule has 0 aromatic carbocycles. The predicted octanol–water partition coefficient (Wildman–Crippen LogP) is 1.60. The zero-order valence-corrected chi connectivity index (χ0v) is 15.3. The maximum Gasteiger partial charge on any atom is 0.245 e. The molecule has 25 heavy (non-hydrogen) atoms. The van der Waals surface area contributed by atoms with E-state index >= 15 is 0 Å². The van der Waals surface area contributed by atoms with E-state index in [-0.39, 0.29) is 0 Å². The molecule has 4 aliphatic rings. The lowest BCUT2D eigenvalue weighted by atomic mass is 9.50. The minimum atomic E-state index is 0.504. The first-order valence-electron chi connectivity index (χ1n) is 9.74. The van der Waals surface area contributed by atoms with Crippen LogP contribution in [-0.2, 0) is 16.0 Å². The number of ether oxygens (including phenoxy) is 2. The monoisotopic (exact) mass is 347 g/mol. The summed E-state index contributed by atoms with van der Waals surface area (Å²) in [6.45, 7) is 4.03. The van der Waals surface area contributed by atoms with Crippen LogP contribution in [0.1, 0.15) is 32.1 Å². The first kappa shape index (κ1) is 16.0. The van der Waals surface area contributed by atoms with Crippen LogP contribution in [0.2, 0.25) is 0 Å². The predicted molar refractivity (Wildman–Crippen MR) is 92.2 cm³/mol. The summed E-state index contributed by atoms with van der Waals surface area (Å²) in [7, 11) is 3.65.